The Balaban J connectivity index is 1.90. The average Bonchev–Trinajstić information content (AvgIpc) is 2.80. The standard InChI is InChI=1S/C22H38N4O5/c1-6-23-22(24-7-12-31-14-13-27-2)26-10-8-25(9-11-26)17-18-15-19(28-3)21(30-5)20(16-18)29-4/h15-16H,6-14,17H2,1-5H3,(H,23,24). The Morgan fingerprint density at radius 2 is 1.61 bits per heavy atom. The summed E-state index contributed by atoms with van der Waals surface area (Å²) in [5.41, 5.74) is 1.14. The summed E-state index contributed by atoms with van der Waals surface area (Å²) in [6.45, 7) is 9.93. The average molecular weight is 439 g/mol. The lowest BCUT2D eigenvalue weighted by Gasteiger charge is -2.36. The number of guanidine groups is 1. The number of nitrogens with one attached hydrogen (secondary N) is 1. The minimum Gasteiger partial charge on any atom is -0.493 e. The molecule has 0 saturated carbocycles. The van der Waals surface area contributed by atoms with Crippen LogP contribution < -0.4 is 19.5 Å². The summed E-state index contributed by atoms with van der Waals surface area (Å²) in [5, 5.41) is 3.39. The molecule has 0 amide bonds. The van der Waals surface area contributed by atoms with Gasteiger partial charge in [0.25, 0.3) is 0 Å². The second kappa shape index (κ2) is 14.0. The van der Waals surface area contributed by atoms with E-state index in [9.17, 15) is 0 Å². The van der Waals surface area contributed by atoms with Crippen molar-refractivity contribution in [2.75, 3.05) is 87.5 Å². The molecule has 0 atom stereocenters. The van der Waals surface area contributed by atoms with Crippen molar-refractivity contribution >= 4 is 5.96 Å². The number of benzene rings is 1. The summed E-state index contributed by atoms with van der Waals surface area (Å²) in [5.74, 6) is 2.94. The third-order valence-corrected chi connectivity index (χ3v) is 5.07. The van der Waals surface area contributed by atoms with Crippen LogP contribution in [0.15, 0.2) is 17.1 Å². The van der Waals surface area contributed by atoms with Gasteiger partial charge in [0.15, 0.2) is 17.5 Å². The van der Waals surface area contributed by atoms with Gasteiger partial charge in [-0.3, -0.25) is 9.89 Å². The van der Waals surface area contributed by atoms with Crippen LogP contribution >= 0.6 is 0 Å². The van der Waals surface area contributed by atoms with Gasteiger partial charge < -0.3 is 33.9 Å². The molecule has 0 bridgehead atoms. The normalized spacial score (nSPS) is 15.1. The smallest absolute Gasteiger partial charge is 0.203 e. The van der Waals surface area contributed by atoms with E-state index >= 15 is 0 Å². The number of hydrogen-bond acceptors (Lipinski definition) is 7. The number of nitrogens with zero attached hydrogens (tertiary/aromatic N) is 3. The van der Waals surface area contributed by atoms with Gasteiger partial charge >= 0.3 is 0 Å². The molecule has 2 rings (SSSR count). The van der Waals surface area contributed by atoms with E-state index in [1.54, 1.807) is 28.4 Å². The first kappa shape index (κ1) is 25.0. The van der Waals surface area contributed by atoms with Gasteiger partial charge in [0.05, 0.1) is 47.7 Å². The number of piperazine rings is 1. The lowest BCUT2D eigenvalue weighted by atomic mass is 10.1. The highest BCUT2D eigenvalue weighted by atomic mass is 16.5. The zero-order valence-corrected chi connectivity index (χ0v) is 19.6. The van der Waals surface area contributed by atoms with E-state index in [1.807, 2.05) is 12.1 Å². The van der Waals surface area contributed by atoms with E-state index < -0.39 is 0 Å². The third kappa shape index (κ3) is 7.75. The van der Waals surface area contributed by atoms with Gasteiger partial charge in [-0.25, -0.2) is 0 Å². The molecule has 0 spiro atoms. The van der Waals surface area contributed by atoms with E-state index in [1.165, 1.54) is 0 Å². The van der Waals surface area contributed by atoms with Crippen LogP contribution in [-0.2, 0) is 16.0 Å². The Labute approximate surface area is 186 Å². The van der Waals surface area contributed by atoms with E-state index in [0.29, 0.717) is 43.6 Å². The molecule has 31 heavy (non-hydrogen) atoms. The van der Waals surface area contributed by atoms with Gasteiger partial charge in [-0.05, 0) is 24.6 Å². The maximum absolute atomic E-state index is 5.51. The SMILES string of the molecule is CCNC(=NCCOCCOC)N1CCN(Cc2cc(OC)c(OC)c(OC)c2)CC1. The van der Waals surface area contributed by atoms with Crippen LogP contribution in [0.5, 0.6) is 17.2 Å². The topological polar surface area (TPSA) is 77.0 Å². The Kier molecular flexibility index (Phi) is 11.3. The highest BCUT2D eigenvalue weighted by Crippen LogP contribution is 2.38. The molecule has 1 aromatic rings. The van der Waals surface area contributed by atoms with Gasteiger partial charge in [-0.1, -0.05) is 0 Å². The van der Waals surface area contributed by atoms with Gasteiger partial charge in [-0.2, -0.15) is 0 Å². The molecule has 0 aromatic heterocycles. The molecule has 0 unspecified atom stereocenters. The van der Waals surface area contributed by atoms with E-state index in [-0.39, 0.29) is 0 Å². The lowest BCUT2D eigenvalue weighted by molar-refractivity contribution is 0.0746. The zero-order chi connectivity index (χ0) is 22.5. The quantitative estimate of drug-likeness (QED) is 0.299. The molecule has 1 fully saturated rings. The van der Waals surface area contributed by atoms with Crippen LogP contribution in [-0.4, -0.2) is 103 Å². The Morgan fingerprint density at radius 1 is 0.935 bits per heavy atom. The van der Waals surface area contributed by atoms with Crippen LogP contribution in [0.1, 0.15) is 12.5 Å². The van der Waals surface area contributed by atoms with Crippen molar-refractivity contribution in [2.24, 2.45) is 4.99 Å². The van der Waals surface area contributed by atoms with Crippen LogP contribution in [0.2, 0.25) is 0 Å². The van der Waals surface area contributed by atoms with Crippen molar-refractivity contribution in [3.8, 4) is 17.2 Å². The number of aliphatic imine (C=N–C) groups is 1. The van der Waals surface area contributed by atoms with Crippen LogP contribution in [0.25, 0.3) is 0 Å². The van der Waals surface area contributed by atoms with Crippen molar-refractivity contribution in [1.82, 2.24) is 15.1 Å². The monoisotopic (exact) mass is 438 g/mol. The molecule has 1 heterocycles. The molecule has 176 valence electrons. The first-order valence-corrected chi connectivity index (χ1v) is 10.8. The summed E-state index contributed by atoms with van der Waals surface area (Å²) in [4.78, 5) is 9.44. The van der Waals surface area contributed by atoms with Gasteiger partial charge in [0.2, 0.25) is 5.75 Å². The molecule has 1 aromatic carbocycles. The fraction of sp³-hybridized carbons (Fsp3) is 0.682. The van der Waals surface area contributed by atoms with Gasteiger partial charge in [-0.15, -0.1) is 0 Å². The van der Waals surface area contributed by atoms with E-state index in [2.05, 4.69) is 22.0 Å². The van der Waals surface area contributed by atoms with E-state index in [0.717, 1.165) is 50.8 Å². The predicted octanol–water partition coefficient (Wildman–Crippen LogP) is 1.46. The van der Waals surface area contributed by atoms with Crippen LogP contribution in [0, 0.1) is 0 Å². The molecule has 0 aliphatic carbocycles. The van der Waals surface area contributed by atoms with Crippen molar-refractivity contribution in [3.63, 3.8) is 0 Å². The zero-order valence-electron chi connectivity index (χ0n) is 19.6. The summed E-state index contributed by atoms with van der Waals surface area (Å²) < 4.78 is 26.9. The van der Waals surface area contributed by atoms with Gasteiger partial charge in [0.1, 0.15) is 0 Å². The number of hydrogen-bond donors (Lipinski definition) is 1. The molecule has 1 N–H and O–H groups in total. The molecule has 9 nitrogen and oxygen atoms in total. The van der Waals surface area contributed by atoms with Crippen molar-refractivity contribution in [3.05, 3.63) is 17.7 Å². The van der Waals surface area contributed by atoms with Crippen molar-refractivity contribution in [1.29, 1.82) is 0 Å². The fourth-order valence-corrected chi connectivity index (χ4v) is 3.49. The summed E-state index contributed by atoms with van der Waals surface area (Å²) in [6, 6.07) is 4.03. The lowest BCUT2D eigenvalue weighted by Crippen LogP contribution is -2.52. The Hall–Kier alpha value is -2.23. The highest BCUT2D eigenvalue weighted by molar-refractivity contribution is 5.80. The number of rotatable bonds is 12. The molecular formula is C22H38N4O5. The number of ether oxygens (including phenoxy) is 5. The maximum Gasteiger partial charge on any atom is 0.203 e. The minimum atomic E-state index is 0.597. The van der Waals surface area contributed by atoms with E-state index in [4.69, 9.17) is 28.7 Å². The third-order valence-electron chi connectivity index (χ3n) is 5.07. The molecule has 1 aliphatic heterocycles. The second-order valence-electron chi connectivity index (χ2n) is 7.14. The molecular weight excluding hydrogens is 400 g/mol. The maximum atomic E-state index is 5.51. The Morgan fingerprint density at radius 3 is 2.16 bits per heavy atom. The summed E-state index contributed by atoms with van der Waals surface area (Å²) >= 11 is 0. The first-order chi connectivity index (χ1) is 15.2. The largest absolute Gasteiger partial charge is 0.493 e. The van der Waals surface area contributed by atoms with Gasteiger partial charge in [0, 0.05) is 46.4 Å². The molecule has 1 saturated heterocycles. The number of methoxy groups -OCH3 is 4. The van der Waals surface area contributed by atoms with Crippen molar-refractivity contribution in [2.45, 2.75) is 13.5 Å². The highest BCUT2D eigenvalue weighted by Gasteiger charge is 2.21. The molecule has 1 aliphatic rings. The molecule has 9 heteroatoms. The van der Waals surface area contributed by atoms with Crippen LogP contribution in [0.4, 0.5) is 0 Å². The second-order valence-corrected chi connectivity index (χ2v) is 7.14. The molecule has 0 radical (unpaired) electrons. The fourth-order valence-electron chi connectivity index (χ4n) is 3.49. The summed E-state index contributed by atoms with van der Waals surface area (Å²) in [7, 11) is 6.58. The Bertz CT molecular complexity index is 653. The summed E-state index contributed by atoms with van der Waals surface area (Å²) in [6.07, 6.45) is 0. The predicted molar refractivity (Wildman–Crippen MR) is 122 cm³/mol. The van der Waals surface area contributed by atoms with Crippen molar-refractivity contribution < 1.29 is 23.7 Å². The minimum absolute atomic E-state index is 0.597. The van der Waals surface area contributed by atoms with Crippen LogP contribution in [0.3, 0.4) is 0 Å². The first-order valence-electron chi connectivity index (χ1n) is 10.8.